The van der Waals surface area contributed by atoms with E-state index in [2.05, 4.69) is 10.6 Å². The minimum Gasteiger partial charge on any atom is -0.478 e. The predicted octanol–water partition coefficient (Wildman–Crippen LogP) is 5.51. The highest BCUT2D eigenvalue weighted by molar-refractivity contribution is 6.42. The van der Waals surface area contributed by atoms with Gasteiger partial charge in [0, 0.05) is 25.2 Å². The standard InChI is InChI=1S/C31H30Cl2N4O6/c32-23-13-12-20(15-24(23)33)34-31(42)37-17-21(43-18-19-7-2-1-3-8-19)16-27(37)29(39)36-14-6-11-26(36)28(38)35-25-10-5-4-9-22(25)30(40)41/h1-5,7-10,12-13,15,21,26-27H,6,11,14,16-18H2,(H,34,42)(H,35,38)(H,40,41)/t21-,26+,27+/m1/s1. The van der Waals surface area contributed by atoms with E-state index < -0.39 is 36.1 Å². The van der Waals surface area contributed by atoms with Crippen LogP contribution in [0.5, 0.6) is 0 Å². The quantitative estimate of drug-likeness (QED) is 0.303. The highest BCUT2D eigenvalue weighted by atomic mass is 35.5. The fourth-order valence-corrected chi connectivity index (χ4v) is 5.72. The first-order valence-electron chi connectivity index (χ1n) is 13.8. The van der Waals surface area contributed by atoms with Crippen molar-refractivity contribution in [3.8, 4) is 0 Å². The molecule has 43 heavy (non-hydrogen) atoms. The van der Waals surface area contributed by atoms with Crippen LogP contribution in [0.15, 0.2) is 72.8 Å². The van der Waals surface area contributed by atoms with Crippen LogP contribution in [0.3, 0.4) is 0 Å². The first-order chi connectivity index (χ1) is 20.7. The van der Waals surface area contributed by atoms with Gasteiger partial charge >= 0.3 is 12.0 Å². The normalized spacial score (nSPS) is 19.7. The number of carbonyl (C=O) groups excluding carboxylic acids is 3. The van der Waals surface area contributed by atoms with Crippen LogP contribution in [0.4, 0.5) is 16.2 Å². The second-order valence-corrected chi connectivity index (χ2v) is 11.2. The number of benzene rings is 3. The fourth-order valence-electron chi connectivity index (χ4n) is 5.42. The Balaban J connectivity index is 1.33. The van der Waals surface area contributed by atoms with Crippen molar-refractivity contribution >= 4 is 58.4 Å². The molecule has 3 atom stereocenters. The van der Waals surface area contributed by atoms with Gasteiger partial charge in [-0.25, -0.2) is 9.59 Å². The fraction of sp³-hybridized carbons (Fsp3) is 0.290. The van der Waals surface area contributed by atoms with Crippen molar-refractivity contribution in [3.05, 3.63) is 94.0 Å². The topological polar surface area (TPSA) is 128 Å². The Morgan fingerprint density at radius 1 is 0.884 bits per heavy atom. The van der Waals surface area contributed by atoms with Crippen molar-refractivity contribution in [1.82, 2.24) is 9.80 Å². The number of carboxylic acids is 1. The molecule has 0 saturated carbocycles. The summed E-state index contributed by atoms with van der Waals surface area (Å²) in [6, 6.07) is 18.2. The monoisotopic (exact) mass is 624 g/mol. The lowest BCUT2D eigenvalue weighted by atomic mass is 10.1. The third-order valence-electron chi connectivity index (χ3n) is 7.56. The second kappa shape index (κ2) is 13.5. The van der Waals surface area contributed by atoms with Crippen LogP contribution in [-0.4, -0.2) is 70.0 Å². The molecular weight excluding hydrogens is 595 g/mol. The summed E-state index contributed by atoms with van der Waals surface area (Å²) < 4.78 is 6.12. The summed E-state index contributed by atoms with van der Waals surface area (Å²) in [5.74, 6) is -2.04. The summed E-state index contributed by atoms with van der Waals surface area (Å²) in [6.07, 6.45) is 0.808. The predicted molar refractivity (Wildman–Crippen MR) is 162 cm³/mol. The minimum atomic E-state index is -1.17. The molecule has 0 aliphatic carbocycles. The average Bonchev–Trinajstić information content (AvgIpc) is 3.67. The number of halogens is 2. The summed E-state index contributed by atoms with van der Waals surface area (Å²) in [5.41, 5.74) is 1.47. The number of nitrogens with zero attached hydrogens (tertiary/aromatic N) is 2. The number of para-hydroxylation sites is 1. The number of nitrogens with one attached hydrogen (secondary N) is 2. The Hall–Kier alpha value is -4.12. The second-order valence-electron chi connectivity index (χ2n) is 10.4. The smallest absolute Gasteiger partial charge is 0.337 e. The number of hydrogen-bond donors (Lipinski definition) is 3. The zero-order valence-electron chi connectivity index (χ0n) is 23.0. The van der Waals surface area contributed by atoms with E-state index in [0.29, 0.717) is 36.7 Å². The molecule has 2 fully saturated rings. The molecule has 3 aromatic rings. The lowest BCUT2D eigenvalue weighted by molar-refractivity contribution is -0.139. The van der Waals surface area contributed by atoms with Gasteiger partial charge in [-0.2, -0.15) is 0 Å². The van der Waals surface area contributed by atoms with Crippen LogP contribution in [0.1, 0.15) is 35.2 Å². The van der Waals surface area contributed by atoms with Crippen LogP contribution in [-0.2, 0) is 20.9 Å². The maximum atomic E-state index is 14.0. The van der Waals surface area contributed by atoms with Gasteiger partial charge in [0.05, 0.1) is 34.0 Å². The van der Waals surface area contributed by atoms with Gasteiger partial charge in [-0.15, -0.1) is 0 Å². The number of aromatic carboxylic acids is 1. The van der Waals surface area contributed by atoms with Crippen molar-refractivity contribution in [1.29, 1.82) is 0 Å². The zero-order valence-corrected chi connectivity index (χ0v) is 24.6. The Bertz CT molecular complexity index is 1520. The molecule has 0 radical (unpaired) electrons. The molecule has 2 saturated heterocycles. The molecule has 0 aromatic heterocycles. The van der Waals surface area contributed by atoms with E-state index in [1.54, 1.807) is 24.3 Å². The lowest BCUT2D eigenvalue weighted by Gasteiger charge is -2.31. The highest BCUT2D eigenvalue weighted by Gasteiger charge is 2.45. The van der Waals surface area contributed by atoms with Gasteiger partial charge in [0.15, 0.2) is 0 Å². The summed E-state index contributed by atoms with van der Waals surface area (Å²) in [7, 11) is 0. The van der Waals surface area contributed by atoms with E-state index in [9.17, 15) is 24.3 Å². The maximum absolute atomic E-state index is 14.0. The van der Waals surface area contributed by atoms with Gasteiger partial charge in [0.1, 0.15) is 12.1 Å². The summed E-state index contributed by atoms with van der Waals surface area (Å²) in [6.45, 7) is 0.797. The molecule has 2 aliphatic heterocycles. The molecule has 0 unspecified atom stereocenters. The van der Waals surface area contributed by atoms with E-state index in [1.165, 1.54) is 28.0 Å². The molecule has 2 aliphatic rings. The van der Waals surface area contributed by atoms with E-state index >= 15 is 0 Å². The van der Waals surface area contributed by atoms with Gasteiger partial charge < -0.3 is 30.3 Å². The number of amides is 4. The Morgan fingerprint density at radius 2 is 1.63 bits per heavy atom. The minimum absolute atomic E-state index is 0.0499. The molecule has 10 nitrogen and oxygen atoms in total. The molecular formula is C31H30Cl2N4O6. The number of carboxylic acid groups (broad SMARTS) is 1. The van der Waals surface area contributed by atoms with E-state index in [-0.39, 0.29) is 35.1 Å². The third kappa shape index (κ3) is 7.10. The van der Waals surface area contributed by atoms with E-state index in [1.807, 2.05) is 30.3 Å². The average molecular weight is 626 g/mol. The van der Waals surface area contributed by atoms with Crippen molar-refractivity contribution < 1.29 is 29.0 Å². The number of hydrogen-bond acceptors (Lipinski definition) is 5. The number of urea groups is 1. The highest BCUT2D eigenvalue weighted by Crippen LogP contribution is 2.30. The molecule has 224 valence electrons. The molecule has 0 bridgehead atoms. The molecule has 3 aromatic carbocycles. The zero-order chi connectivity index (χ0) is 30.5. The molecule has 0 spiro atoms. The van der Waals surface area contributed by atoms with E-state index in [0.717, 1.165) is 5.56 Å². The summed E-state index contributed by atoms with van der Waals surface area (Å²) in [5, 5.41) is 15.6. The third-order valence-corrected chi connectivity index (χ3v) is 8.30. The largest absolute Gasteiger partial charge is 0.478 e. The van der Waals surface area contributed by atoms with Gasteiger partial charge in [-0.3, -0.25) is 9.59 Å². The lowest BCUT2D eigenvalue weighted by Crippen LogP contribution is -2.52. The number of ether oxygens (including phenoxy) is 1. The molecule has 2 heterocycles. The number of carbonyl (C=O) groups is 4. The van der Waals surface area contributed by atoms with Crippen LogP contribution in [0, 0.1) is 0 Å². The van der Waals surface area contributed by atoms with Crippen LogP contribution in [0.25, 0.3) is 0 Å². The summed E-state index contributed by atoms with van der Waals surface area (Å²) >= 11 is 12.1. The maximum Gasteiger partial charge on any atom is 0.337 e. The van der Waals surface area contributed by atoms with Crippen LogP contribution in [0.2, 0.25) is 10.0 Å². The molecule has 12 heteroatoms. The van der Waals surface area contributed by atoms with Gasteiger partial charge in [-0.1, -0.05) is 65.7 Å². The molecule has 3 N–H and O–H groups in total. The Labute approximate surface area is 258 Å². The molecule has 4 amide bonds. The first kappa shape index (κ1) is 30.3. The SMILES string of the molecule is O=C(O)c1ccccc1NC(=O)[C@@H]1CCCN1C(=O)[C@@H]1C[C@@H](OCc2ccccc2)CN1C(=O)Nc1ccc(Cl)c(Cl)c1. The van der Waals surface area contributed by atoms with Crippen LogP contribution < -0.4 is 10.6 Å². The van der Waals surface area contributed by atoms with Gasteiger partial charge in [0.25, 0.3) is 0 Å². The van der Waals surface area contributed by atoms with E-state index in [4.69, 9.17) is 27.9 Å². The number of anilines is 2. The Morgan fingerprint density at radius 3 is 2.37 bits per heavy atom. The van der Waals surface area contributed by atoms with Crippen LogP contribution >= 0.6 is 23.2 Å². The van der Waals surface area contributed by atoms with Crippen molar-refractivity contribution in [2.24, 2.45) is 0 Å². The van der Waals surface area contributed by atoms with Crippen molar-refractivity contribution in [2.45, 2.75) is 44.1 Å². The first-order valence-corrected chi connectivity index (χ1v) is 14.6. The number of rotatable bonds is 8. The van der Waals surface area contributed by atoms with Crippen molar-refractivity contribution in [2.75, 3.05) is 23.7 Å². The summed E-state index contributed by atoms with van der Waals surface area (Å²) in [4.78, 5) is 55.4. The molecule has 5 rings (SSSR count). The number of likely N-dealkylation sites (tertiary alicyclic amines) is 2. The van der Waals surface area contributed by atoms with Gasteiger partial charge in [0.2, 0.25) is 11.8 Å². The Kier molecular flexibility index (Phi) is 9.49. The van der Waals surface area contributed by atoms with Crippen molar-refractivity contribution in [3.63, 3.8) is 0 Å². The van der Waals surface area contributed by atoms with Gasteiger partial charge in [-0.05, 0) is 48.7 Å².